The highest BCUT2D eigenvalue weighted by Crippen LogP contribution is 2.16. The van der Waals surface area contributed by atoms with Crippen LogP contribution in [0.5, 0.6) is 5.75 Å². The van der Waals surface area contributed by atoms with Crippen molar-refractivity contribution >= 4 is 18.0 Å². The summed E-state index contributed by atoms with van der Waals surface area (Å²) >= 11 is 0. The van der Waals surface area contributed by atoms with E-state index in [4.69, 9.17) is 4.74 Å². The average Bonchev–Trinajstić information content (AvgIpc) is 2.68. The van der Waals surface area contributed by atoms with Crippen molar-refractivity contribution in [2.45, 2.75) is 13.5 Å². The average molecular weight is 361 g/mol. The Bertz CT molecular complexity index is 970. The molecule has 0 radical (unpaired) electrons. The second-order valence-electron chi connectivity index (χ2n) is 5.86. The number of carboxylic acid groups (broad SMARTS) is 1. The Morgan fingerprint density at radius 3 is 2.85 bits per heavy atom. The number of aryl methyl sites for hydroxylation is 1. The van der Waals surface area contributed by atoms with Crippen molar-refractivity contribution in [2.24, 2.45) is 5.10 Å². The first-order chi connectivity index (χ1) is 13.1. The highest BCUT2D eigenvalue weighted by molar-refractivity contribution is 5.89. The minimum atomic E-state index is -0.967. The largest absolute Gasteiger partial charge is 0.489 e. The Morgan fingerprint density at radius 2 is 2.04 bits per heavy atom. The molecule has 6 nitrogen and oxygen atoms in total. The molecule has 0 saturated heterocycles. The molecule has 136 valence electrons. The van der Waals surface area contributed by atoms with Gasteiger partial charge in [-0.2, -0.15) is 5.10 Å². The standard InChI is InChI=1S/C21H19N3O3/c1-15-6-5-11-22-20(15)24-23-13-16-7-4-9-18(12-16)27-14-17-8-2-3-10-19(17)21(25)26/h2-13H,14H2,1H3,(H,22,24)(H,25,26)/b23-13+. The van der Waals surface area contributed by atoms with Gasteiger partial charge in [0.05, 0.1) is 11.8 Å². The summed E-state index contributed by atoms with van der Waals surface area (Å²) < 4.78 is 5.75. The van der Waals surface area contributed by atoms with Gasteiger partial charge in [-0.05, 0) is 42.3 Å². The fourth-order valence-electron chi connectivity index (χ4n) is 2.47. The van der Waals surface area contributed by atoms with E-state index in [-0.39, 0.29) is 12.2 Å². The van der Waals surface area contributed by atoms with Crippen LogP contribution in [-0.2, 0) is 6.61 Å². The first-order valence-corrected chi connectivity index (χ1v) is 8.38. The van der Waals surface area contributed by atoms with Crippen molar-refractivity contribution in [3.8, 4) is 5.75 Å². The summed E-state index contributed by atoms with van der Waals surface area (Å²) in [6, 6.07) is 18.0. The number of carbonyl (C=O) groups is 1. The molecule has 2 aromatic carbocycles. The van der Waals surface area contributed by atoms with Crippen molar-refractivity contribution in [1.82, 2.24) is 4.98 Å². The number of aromatic carboxylic acids is 1. The maximum atomic E-state index is 11.3. The molecule has 0 bridgehead atoms. The van der Waals surface area contributed by atoms with Gasteiger partial charge in [-0.3, -0.25) is 5.43 Å². The number of rotatable bonds is 7. The minimum Gasteiger partial charge on any atom is -0.489 e. The third-order valence-corrected chi connectivity index (χ3v) is 3.89. The number of hydrogen-bond acceptors (Lipinski definition) is 5. The number of nitrogens with one attached hydrogen (secondary N) is 1. The molecule has 0 unspecified atom stereocenters. The zero-order valence-electron chi connectivity index (χ0n) is 14.8. The maximum absolute atomic E-state index is 11.3. The molecule has 0 spiro atoms. The number of hydrogen-bond donors (Lipinski definition) is 2. The smallest absolute Gasteiger partial charge is 0.336 e. The Morgan fingerprint density at radius 1 is 1.19 bits per heavy atom. The second-order valence-corrected chi connectivity index (χ2v) is 5.86. The summed E-state index contributed by atoms with van der Waals surface area (Å²) in [7, 11) is 0. The highest BCUT2D eigenvalue weighted by atomic mass is 16.5. The van der Waals surface area contributed by atoms with Crippen LogP contribution >= 0.6 is 0 Å². The highest BCUT2D eigenvalue weighted by Gasteiger charge is 2.09. The monoisotopic (exact) mass is 361 g/mol. The lowest BCUT2D eigenvalue weighted by Gasteiger charge is -2.09. The lowest BCUT2D eigenvalue weighted by molar-refractivity contribution is 0.0694. The van der Waals surface area contributed by atoms with E-state index in [0.29, 0.717) is 17.1 Å². The molecular weight excluding hydrogens is 342 g/mol. The van der Waals surface area contributed by atoms with Gasteiger partial charge in [-0.1, -0.05) is 36.4 Å². The summed E-state index contributed by atoms with van der Waals surface area (Å²) in [5, 5.41) is 13.4. The van der Waals surface area contributed by atoms with Crippen LogP contribution in [0.4, 0.5) is 5.82 Å². The normalized spacial score (nSPS) is 10.7. The first kappa shape index (κ1) is 18.1. The van der Waals surface area contributed by atoms with Crippen LogP contribution in [0.1, 0.15) is 27.0 Å². The minimum absolute atomic E-state index is 0.175. The molecule has 1 aromatic heterocycles. The summed E-state index contributed by atoms with van der Waals surface area (Å²) in [6.07, 6.45) is 3.38. The lowest BCUT2D eigenvalue weighted by atomic mass is 10.1. The van der Waals surface area contributed by atoms with Crippen molar-refractivity contribution in [3.05, 3.63) is 89.1 Å². The van der Waals surface area contributed by atoms with Gasteiger partial charge in [0.1, 0.15) is 18.2 Å². The third kappa shape index (κ3) is 4.92. The molecule has 3 aromatic rings. The van der Waals surface area contributed by atoms with E-state index in [1.54, 1.807) is 36.7 Å². The van der Waals surface area contributed by atoms with Crippen LogP contribution in [0.25, 0.3) is 0 Å². The Balaban J connectivity index is 1.65. The molecule has 1 heterocycles. The summed E-state index contributed by atoms with van der Waals surface area (Å²) in [5.74, 6) is 0.366. The molecule has 0 aliphatic rings. The van der Waals surface area contributed by atoms with E-state index >= 15 is 0 Å². The van der Waals surface area contributed by atoms with Crippen molar-refractivity contribution in [1.29, 1.82) is 0 Å². The first-order valence-electron chi connectivity index (χ1n) is 8.38. The van der Waals surface area contributed by atoms with Gasteiger partial charge in [0.2, 0.25) is 0 Å². The van der Waals surface area contributed by atoms with Gasteiger partial charge in [-0.25, -0.2) is 9.78 Å². The van der Waals surface area contributed by atoms with Crippen molar-refractivity contribution in [3.63, 3.8) is 0 Å². The zero-order valence-corrected chi connectivity index (χ0v) is 14.8. The van der Waals surface area contributed by atoms with E-state index in [0.717, 1.165) is 11.1 Å². The number of aromatic nitrogens is 1. The van der Waals surface area contributed by atoms with E-state index < -0.39 is 5.97 Å². The quantitative estimate of drug-likeness (QED) is 0.489. The fraction of sp³-hybridized carbons (Fsp3) is 0.0952. The second kappa shape index (κ2) is 8.62. The van der Waals surface area contributed by atoms with E-state index in [2.05, 4.69) is 15.5 Å². The van der Waals surface area contributed by atoms with E-state index in [1.807, 2.05) is 43.3 Å². The predicted octanol–water partition coefficient (Wildman–Crippen LogP) is 4.11. The van der Waals surface area contributed by atoms with Crippen LogP contribution in [-0.4, -0.2) is 22.3 Å². The van der Waals surface area contributed by atoms with Gasteiger partial charge in [0, 0.05) is 11.8 Å². The molecule has 3 rings (SSSR count). The van der Waals surface area contributed by atoms with Gasteiger partial charge in [0.15, 0.2) is 0 Å². The molecule has 2 N–H and O–H groups in total. The number of nitrogens with zero attached hydrogens (tertiary/aromatic N) is 2. The molecule has 27 heavy (non-hydrogen) atoms. The number of pyridine rings is 1. The van der Waals surface area contributed by atoms with E-state index in [1.165, 1.54) is 0 Å². The van der Waals surface area contributed by atoms with Crippen LogP contribution in [0, 0.1) is 6.92 Å². The van der Waals surface area contributed by atoms with Crippen LogP contribution in [0.2, 0.25) is 0 Å². The summed E-state index contributed by atoms with van der Waals surface area (Å²) in [4.78, 5) is 15.5. The van der Waals surface area contributed by atoms with Crippen molar-refractivity contribution in [2.75, 3.05) is 5.43 Å². The predicted molar refractivity (Wildman–Crippen MR) is 104 cm³/mol. The Kier molecular flexibility index (Phi) is 5.79. The lowest BCUT2D eigenvalue weighted by Crippen LogP contribution is -2.05. The topological polar surface area (TPSA) is 83.8 Å². The van der Waals surface area contributed by atoms with E-state index in [9.17, 15) is 9.90 Å². The van der Waals surface area contributed by atoms with Gasteiger partial charge < -0.3 is 9.84 Å². The molecule has 0 aliphatic heterocycles. The third-order valence-electron chi connectivity index (χ3n) is 3.89. The maximum Gasteiger partial charge on any atom is 0.336 e. The number of anilines is 1. The number of carboxylic acids is 1. The van der Waals surface area contributed by atoms with Crippen molar-refractivity contribution < 1.29 is 14.6 Å². The molecule has 0 saturated carbocycles. The van der Waals surface area contributed by atoms with Gasteiger partial charge >= 0.3 is 5.97 Å². The Labute approximate surface area is 157 Å². The summed E-state index contributed by atoms with van der Waals surface area (Å²) in [6.45, 7) is 2.13. The summed E-state index contributed by atoms with van der Waals surface area (Å²) in [5.41, 5.74) is 5.62. The molecule has 6 heteroatoms. The van der Waals surface area contributed by atoms with Gasteiger partial charge in [0.25, 0.3) is 0 Å². The van der Waals surface area contributed by atoms with Crippen LogP contribution in [0.3, 0.4) is 0 Å². The SMILES string of the molecule is Cc1cccnc1N/N=C/c1cccc(OCc2ccccc2C(=O)O)c1. The molecule has 0 amide bonds. The number of hydrazone groups is 1. The number of benzene rings is 2. The molecular formula is C21H19N3O3. The van der Waals surface area contributed by atoms with Crippen LogP contribution in [0.15, 0.2) is 72.0 Å². The zero-order chi connectivity index (χ0) is 19.1. The van der Waals surface area contributed by atoms with Gasteiger partial charge in [-0.15, -0.1) is 0 Å². The van der Waals surface area contributed by atoms with Crippen LogP contribution < -0.4 is 10.2 Å². The Hall–Kier alpha value is -3.67. The molecule has 0 fully saturated rings. The molecule has 0 atom stereocenters. The fourth-order valence-corrected chi connectivity index (χ4v) is 2.47. The number of ether oxygens (including phenoxy) is 1. The molecule has 0 aliphatic carbocycles.